The highest BCUT2D eigenvalue weighted by molar-refractivity contribution is 5.75. The topological polar surface area (TPSA) is 100 Å². The van der Waals surface area contributed by atoms with Crippen molar-refractivity contribution in [3.05, 3.63) is 41.3 Å². The van der Waals surface area contributed by atoms with Gasteiger partial charge in [-0.15, -0.1) is 0 Å². The van der Waals surface area contributed by atoms with Gasteiger partial charge in [-0.2, -0.15) is 4.98 Å². The van der Waals surface area contributed by atoms with Crippen LogP contribution in [0.5, 0.6) is 0 Å². The number of urea groups is 1. The minimum absolute atomic E-state index is 0.0217. The maximum absolute atomic E-state index is 12.6. The second-order valence-corrected chi connectivity index (χ2v) is 7.02. The molecule has 0 aromatic carbocycles. The number of carbonyl (C=O) groups is 1. The van der Waals surface area contributed by atoms with Crippen molar-refractivity contribution < 1.29 is 4.79 Å². The molecule has 3 heterocycles. The van der Waals surface area contributed by atoms with E-state index in [0.717, 1.165) is 42.3 Å². The van der Waals surface area contributed by atoms with E-state index in [4.69, 9.17) is 5.73 Å². The molecule has 2 aromatic heterocycles. The molecular formula is C19H27N7O. The maximum atomic E-state index is 12.6. The molecule has 1 aliphatic rings. The number of aromatic nitrogens is 3. The molecule has 144 valence electrons. The van der Waals surface area contributed by atoms with Gasteiger partial charge in [0.05, 0.1) is 0 Å². The van der Waals surface area contributed by atoms with Gasteiger partial charge in [0.2, 0.25) is 5.95 Å². The second-order valence-electron chi connectivity index (χ2n) is 7.02. The van der Waals surface area contributed by atoms with E-state index in [2.05, 4.69) is 25.2 Å². The molecule has 0 saturated carbocycles. The van der Waals surface area contributed by atoms with Crippen LogP contribution in [0, 0.1) is 13.8 Å². The summed E-state index contributed by atoms with van der Waals surface area (Å²) in [6, 6.07) is 5.87. The summed E-state index contributed by atoms with van der Waals surface area (Å²) in [7, 11) is 0. The van der Waals surface area contributed by atoms with Crippen LogP contribution in [0.15, 0.2) is 24.4 Å². The molecule has 1 fully saturated rings. The number of nitrogens with zero attached hydrogens (tertiary/aromatic N) is 5. The molecule has 1 unspecified atom stereocenters. The number of anilines is 2. The van der Waals surface area contributed by atoms with Gasteiger partial charge in [0.1, 0.15) is 5.82 Å². The molecule has 1 atom stereocenters. The van der Waals surface area contributed by atoms with Crippen molar-refractivity contribution in [2.24, 2.45) is 0 Å². The smallest absolute Gasteiger partial charge is 0.317 e. The molecule has 2 amide bonds. The molecule has 3 rings (SSSR count). The second kappa shape index (κ2) is 8.20. The van der Waals surface area contributed by atoms with E-state index >= 15 is 0 Å². The number of amides is 2. The predicted octanol–water partition coefficient (Wildman–Crippen LogP) is 1.53. The number of aryl methyl sites for hydroxylation is 2. The molecule has 0 spiro atoms. The minimum Gasteiger partial charge on any atom is -0.368 e. The minimum atomic E-state index is -0.0332. The van der Waals surface area contributed by atoms with Gasteiger partial charge in [-0.1, -0.05) is 6.07 Å². The number of piperazine rings is 1. The fourth-order valence-corrected chi connectivity index (χ4v) is 3.25. The van der Waals surface area contributed by atoms with Gasteiger partial charge >= 0.3 is 6.03 Å². The van der Waals surface area contributed by atoms with Crippen LogP contribution in [0.2, 0.25) is 0 Å². The summed E-state index contributed by atoms with van der Waals surface area (Å²) in [6.07, 6.45) is 2.51. The molecule has 0 radical (unpaired) electrons. The summed E-state index contributed by atoms with van der Waals surface area (Å²) < 4.78 is 0. The average molecular weight is 369 g/mol. The Labute approximate surface area is 159 Å². The van der Waals surface area contributed by atoms with E-state index in [1.165, 1.54) is 0 Å². The van der Waals surface area contributed by atoms with Crippen LogP contribution < -0.4 is 16.0 Å². The third-order valence-corrected chi connectivity index (χ3v) is 4.74. The Hall–Kier alpha value is -2.90. The van der Waals surface area contributed by atoms with Crippen molar-refractivity contribution in [1.29, 1.82) is 0 Å². The van der Waals surface area contributed by atoms with Crippen LogP contribution in [0.3, 0.4) is 0 Å². The Bertz CT molecular complexity index is 782. The molecule has 0 aliphatic carbocycles. The van der Waals surface area contributed by atoms with Gasteiger partial charge in [-0.3, -0.25) is 4.98 Å². The van der Waals surface area contributed by atoms with Crippen LogP contribution in [0.25, 0.3) is 0 Å². The Balaban J connectivity index is 1.51. The Morgan fingerprint density at radius 2 is 2.00 bits per heavy atom. The number of nitrogens with two attached hydrogens (primary N) is 1. The lowest BCUT2D eigenvalue weighted by atomic mass is 10.1. The van der Waals surface area contributed by atoms with Crippen LogP contribution in [-0.4, -0.2) is 58.1 Å². The lowest BCUT2D eigenvalue weighted by Crippen LogP contribution is -2.53. The first-order chi connectivity index (χ1) is 12.9. The summed E-state index contributed by atoms with van der Waals surface area (Å²) in [5.74, 6) is 1.10. The van der Waals surface area contributed by atoms with E-state index in [9.17, 15) is 4.79 Å². The molecule has 8 heteroatoms. The number of hydrogen-bond donors (Lipinski definition) is 2. The first-order valence-electron chi connectivity index (χ1n) is 9.24. The SMILES string of the molecule is Cc1cc(N2CCN(C(=O)NC(C)Cc3ncccc3C)CC2)nc(N)n1. The lowest BCUT2D eigenvalue weighted by Gasteiger charge is -2.36. The van der Waals surface area contributed by atoms with Crippen molar-refractivity contribution in [1.82, 2.24) is 25.2 Å². The zero-order valence-corrected chi connectivity index (χ0v) is 16.1. The normalized spacial score (nSPS) is 15.5. The standard InChI is InChI=1S/C19H27N7O/c1-13-5-4-6-21-16(13)11-14(2)23-19(27)26-9-7-25(8-10-26)17-12-15(3)22-18(20)24-17/h4-6,12,14H,7-11H2,1-3H3,(H,23,27)(H2,20,22,24). The lowest BCUT2D eigenvalue weighted by molar-refractivity contribution is 0.191. The molecule has 27 heavy (non-hydrogen) atoms. The van der Waals surface area contributed by atoms with Crippen LogP contribution in [-0.2, 0) is 6.42 Å². The molecular weight excluding hydrogens is 342 g/mol. The third-order valence-electron chi connectivity index (χ3n) is 4.74. The van der Waals surface area contributed by atoms with Crippen molar-refractivity contribution in [2.45, 2.75) is 33.2 Å². The molecule has 8 nitrogen and oxygen atoms in total. The molecule has 2 aromatic rings. The molecule has 1 aliphatic heterocycles. The van der Waals surface area contributed by atoms with E-state index in [0.29, 0.717) is 13.1 Å². The Morgan fingerprint density at radius 1 is 1.26 bits per heavy atom. The van der Waals surface area contributed by atoms with Gasteiger partial charge in [-0.05, 0) is 32.4 Å². The zero-order valence-electron chi connectivity index (χ0n) is 16.1. The average Bonchev–Trinajstić information content (AvgIpc) is 2.63. The van der Waals surface area contributed by atoms with E-state index in [1.807, 2.05) is 43.9 Å². The first kappa shape index (κ1) is 18.9. The Kier molecular flexibility index (Phi) is 5.73. The fraction of sp³-hybridized carbons (Fsp3) is 0.474. The third kappa shape index (κ3) is 4.84. The van der Waals surface area contributed by atoms with Gasteiger partial charge in [0.25, 0.3) is 0 Å². The highest BCUT2D eigenvalue weighted by Crippen LogP contribution is 2.16. The van der Waals surface area contributed by atoms with Crippen LogP contribution in [0.1, 0.15) is 23.9 Å². The molecule has 1 saturated heterocycles. The summed E-state index contributed by atoms with van der Waals surface area (Å²) in [5, 5.41) is 3.08. The summed E-state index contributed by atoms with van der Waals surface area (Å²) in [4.78, 5) is 29.3. The number of nitrogen functional groups attached to an aromatic ring is 1. The van der Waals surface area contributed by atoms with Crippen molar-refractivity contribution in [3.63, 3.8) is 0 Å². The van der Waals surface area contributed by atoms with Gasteiger partial charge < -0.3 is 20.9 Å². The summed E-state index contributed by atoms with van der Waals surface area (Å²) in [6.45, 7) is 8.67. The predicted molar refractivity (Wildman–Crippen MR) is 106 cm³/mol. The number of rotatable bonds is 4. The largest absolute Gasteiger partial charge is 0.368 e. The van der Waals surface area contributed by atoms with Crippen LogP contribution in [0.4, 0.5) is 16.6 Å². The monoisotopic (exact) mass is 369 g/mol. The maximum Gasteiger partial charge on any atom is 0.317 e. The zero-order chi connectivity index (χ0) is 19.4. The van der Waals surface area contributed by atoms with Gasteiger partial charge in [0, 0.05) is 62.3 Å². The van der Waals surface area contributed by atoms with E-state index in [-0.39, 0.29) is 18.0 Å². The van der Waals surface area contributed by atoms with Gasteiger partial charge in [-0.25, -0.2) is 9.78 Å². The van der Waals surface area contributed by atoms with Crippen molar-refractivity contribution >= 4 is 17.8 Å². The highest BCUT2D eigenvalue weighted by Gasteiger charge is 2.23. The number of pyridine rings is 1. The van der Waals surface area contributed by atoms with E-state index in [1.54, 1.807) is 6.20 Å². The molecule has 3 N–H and O–H groups in total. The summed E-state index contributed by atoms with van der Waals surface area (Å²) in [5.41, 5.74) is 8.75. The number of hydrogen-bond acceptors (Lipinski definition) is 6. The van der Waals surface area contributed by atoms with Crippen molar-refractivity contribution in [3.8, 4) is 0 Å². The van der Waals surface area contributed by atoms with Gasteiger partial charge in [0.15, 0.2) is 0 Å². The van der Waals surface area contributed by atoms with Crippen molar-refractivity contribution in [2.75, 3.05) is 36.8 Å². The molecule has 0 bridgehead atoms. The van der Waals surface area contributed by atoms with Crippen LogP contribution >= 0.6 is 0 Å². The quantitative estimate of drug-likeness (QED) is 0.848. The summed E-state index contributed by atoms with van der Waals surface area (Å²) >= 11 is 0. The number of nitrogens with one attached hydrogen (secondary N) is 1. The first-order valence-corrected chi connectivity index (χ1v) is 9.24. The fourth-order valence-electron chi connectivity index (χ4n) is 3.25. The number of carbonyl (C=O) groups excluding carboxylic acids is 1. The van der Waals surface area contributed by atoms with E-state index < -0.39 is 0 Å². The highest BCUT2D eigenvalue weighted by atomic mass is 16.2. The Morgan fingerprint density at radius 3 is 2.67 bits per heavy atom.